The molecule has 282 valence electrons. The van der Waals surface area contributed by atoms with E-state index in [0.717, 1.165) is 87.0 Å². The van der Waals surface area contributed by atoms with E-state index in [4.69, 9.17) is 15.2 Å². The van der Waals surface area contributed by atoms with Crippen LogP contribution in [0.4, 0.5) is 0 Å². The monoisotopic (exact) mass is 716 g/mol. The number of unbranched alkanes of at least 4 members (excludes halogenated alkanes) is 4. The first-order chi connectivity index (χ1) is 26.0. The van der Waals surface area contributed by atoms with Crippen molar-refractivity contribution in [3.63, 3.8) is 0 Å². The molecule has 2 N–H and O–H groups in total. The molecule has 1 atom stereocenters. The van der Waals surface area contributed by atoms with Crippen LogP contribution in [0.5, 0.6) is 11.5 Å². The maximum Gasteiger partial charge on any atom is 0.232 e. The van der Waals surface area contributed by atoms with Crippen LogP contribution in [0.2, 0.25) is 0 Å². The minimum Gasteiger partial charge on any atom is -0.496 e. The molecule has 0 unspecified atom stereocenters. The molecule has 6 rings (SSSR count). The summed E-state index contributed by atoms with van der Waals surface area (Å²) in [4.78, 5) is 21.3. The lowest BCUT2D eigenvalue weighted by molar-refractivity contribution is -0.123. The van der Waals surface area contributed by atoms with Crippen molar-refractivity contribution in [2.75, 3.05) is 53.5 Å². The first-order valence-corrected chi connectivity index (χ1v) is 19.9. The van der Waals surface area contributed by atoms with Gasteiger partial charge in [-0.3, -0.25) is 14.6 Å². The molecule has 2 fully saturated rings. The predicted molar refractivity (Wildman–Crippen MR) is 215 cm³/mol. The first-order valence-electron chi connectivity index (χ1n) is 19.9. The quantitative estimate of drug-likeness (QED) is 0.0996. The first kappa shape index (κ1) is 38.6. The second-order valence-corrected chi connectivity index (χ2v) is 15.1. The molecule has 0 saturated carbocycles. The predicted octanol–water partition coefficient (Wildman–Crippen LogP) is 7.91. The summed E-state index contributed by atoms with van der Waals surface area (Å²) in [5, 5.41) is 0. The summed E-state index contributed by atoms with van der Waals surface area (Å²) in [6, 6.07) is 38.0. The van der Waals surface area contributed by atoms with Crippen molar-refractivity contribution in [2.45, 2.75) is 75.9 Å². The number of methoxy groups -OCH3 is 2. The van der Waals surface area contributed by atoms with Crippen LogP contribution in [0.3, 0.4) is 0 Å². The molecule has 7 heteroatoms. The second kappa shape index (κ2) is 19.2. The Morgan fingerprint density at radius 2 is 1.25 bits per heavy atom. The van der Waals surface area contributed by atoms with Gasteiger partial charge in [0, 0.05) is 25.7 Å². The Kier molecular flexibility index (Phi) is 14.0. The van der Waals surface area contributed by atoms with Crippen molar-refractivity contribution in [2.24, 2.45) is 11.7 Å². The van der Waals surface area contributed by atoms with Gasteiger partial charge in [-0.05, 0) is 99.6 Å². The Hall–Kier alpha value is -4.17. The topological polar surface area (TPSA) is 71.3 Å². The molecule has 1 amide bonds. The highest BCUT2D eigenvalue weighted by atomic mass is 16.5. The summed E-state index contributed by atoms with van der Waals surface area (Å²) >= 11 is 0. The third kappa shape index (κ3) is 9.50. The Morgan fingerprint density at radius 3 is 1.83 bits per heavy atom. The Labute approximate surface area is 318 Å². The van der Waals surface area contributed by atoms with Crippen molar-refractivity contribution in [1.29, 1.82) is 0 Å². The van der Waals surface area contributed by atoms with Gasteiger partial charge < -0.3 is 20.1 Å². The summed E-state index contributed by atoms with van der Waals surface area (Å²) in [7, 11) is 3.48. The zero-order valence-electron chi connectivity index (χ0n) is 32.0. The fourth-order valence-electron chi connectivity index (χ4n) is 9.05. The van der Waals surface area contributed by atoms with Crippen LogP contribution in [0.25, 0.3) is 0 Å². The van der Waals surface area contributed by atoms with Gasteiger partial charge in [0.1, 0.15) is 16.9 Å². The molecular formula is C46H60N4O3. The summed E-state index contributed by atoms with van der Waals surface area (Å²) in [5.74, 6) is 1.70. The molecule has 0 spiro atoms. The SMILES string of the molecule is COc1cccc(OC)c1CN1CCC(N(CCCCCCCN2CC[C@@H](C(C(N)=O)(c3ccccc3)c3ccccc3)C2)Cc2ccccc2)CC1. The van der Waals surface area contributed by atoms with E-state index in [0.29, 0.717) is 6.04 Å². The minimum absolute atomic E-state index is 0.149. The van der Waals surface area contributed by atoms with Crippen molar-refractivity contribution in [3.05, 3.63) is 131 Å². The molecule has 2 aliphatic heterocycles. The molecule has 4 aromatic carbocycles. The Morgan fingerprint density at radius 1 is 0.698 bits per heavy atom. The van der Waals surface area contributed by atoms with Crippen LogP contribution in [-0.4, -0.2) is 80.1 Å². The molecule has 53 heavy (non-hydrogen) atoms. The molecule has 2 aliphatic rings. The lowest BCUT2D eigenvalue weighted by Crippen LogP contribution is -2.49. The highest BCUT2D eigenvalue weighted by Gasteiger charge is 2.49. The number of hydrogen-bond donors (Lipinski definition) is 1. The van der Waals surface area contributed by atoms with E-state index in [1.807, 2.05) is 54.6 Å². The van der Waals surface area contributed by atoms with E-state index in [9.17, 15) is 4.79 Å². The average molecular weight is 717 g/mol. The standard InChI is InChI=1S/C46H60N4O3/c1-52-43-24-17-25-44(53-2)42(43)36-49-32-27-41(28-33-49)50(34-37-18-9-6-10-19-37)30-16-5-3-4-15-29-48-31-26-40(35-48)46(45(47)51,38-20-11-7-12-21-38)39-22-13-8-14-23-39/h6-14,17-25,40-41H,3-5,15-16,26-36H2,1-2H3,(H2,47,51)/t40-/m1/s1. The summed E-state index contributed by atoms with van der Waals surface area (Å²) in [5.41, 5.74) is 10.1. The zero-order chi connectivity index (χ0) is 36.9. The number of likely N-dealkylation sites (tertiary alicyclic amines) is 2. The van der Waals surface area contributed by atoms with Gasteiger partial charge in [0.15, 0.2) is 0 Å². The molecule has 2 saturated heterocycles. The van der Waals surface area contributed by atoms with Gasteiger partial charge in [-0.2, -0.15) is 0 Å². The lowest BCUT2D eigenvalue weighted by Gasteiger charge is -2.39. The van der Waals surface area contributed by atoms with Crippen molar-refractivity contribution >= 4 is 5.91 Å². The molecule has 0 aromatic heterocycles. The molecular weight excluding hydrogens is 657 g/mol. The lowest BCUT2D eigenvalue weighted by atomic mass is 9.64. The number of primary amides is 1. The number of piperidine rings is 1. The van der Waals surface area contributed by atoms with E-state index >= 15 is 0 Å². The number of benzene rings is 4. The molecule has 7 nitrogen and oxygen atoms in total. The highest BCUT2D eigenvalue weighted by Crippen LogP contribution is 2.43. The fourth-order valence-corrected chi connectivity index (χ4v) is 9.05. The average Bonchev–Trinajstić information content (AvgIpc) is 3.67. The number of ether oxygens (including phenoxy) is 2. The third-order valence-corrected chi connectivity index (χ3v) is 11.9. The van der Waals surface area contributed by atoms with E-state index in [1.165, 1.54) is 50.5 Å². The van der Waals surface area contributed by atoms with Crippen molar-refractivity contribution < 1.29 is 14.3 Å². The molecule has 2 heterocycles. The second-order valence-electron chi connectivity index (χ2n) is 15.1. The van der Waals surface area contributed by atoms with E-state index in [-0.39, 0.29) is 11.8 Å². The summed E-state index contributed by atoms with van der Waals surface area (Å²) in [6.45, 7) is 8.14. The van der Waals surface area contributed by atoms with Gasteiger partial charge in [-0.25, -0.2) is 0 Å². The maximum absolute atomic E-state index is 13.4. The number of nitrogens with two attached hydrogens (primary N) is 1. The van der Waals surface area contributed by atoms with Gasteiger partial charge in [0.2, 0.25) is 5.91 Å². The van der Waals surface area contributed by atoms with Gasteiger partial charge in [0.05, 0.1) is 19.8 Å². The van der Waals surface area contributed by atoms with Gasteiger partial charge in [-0.15, -0.1) is 0 Å². The normalized spacial score (nSPS) is 17.3. The summed E-state index contributed by atoms with van der Waals surface area (Å²) in [6.07, 6.45) is 9.49. The van der Waals surface area contributed by atoms with E-state index < -0.39 is 5.41 Å². The number of nitrogens with zero attached hydrogens (tertiary/aromatic N) is 3. The number of carbonyl (C=O) groups excluding carboxylic acids is 1. The van der Waals surface area contributed by atoms with E-state index in [1.54, 1.807) is 14.2 Å². The molecule has 0 radical (unpaired) electrons. The Balaban J connectivity index is 0.969. The number of rotatable bonds is 19. The number of carbonyl (C=O) groups is 1. The van der Waals surface area contributed by atoms with Crippen LogP contribution >= 0.6 is 0 Å². The number of hydrogen-bond acceptors (Lipinski definition) is 6. The molecule has 0 aliphatic carbocycles. The van der Waals surface area contributed by atoms with Gasteiger partial charge in [-0.1, -0.05) is 116 Å². The van der Waals surface area contributed by atoms with Crippen LogP contribution < -0.4 is 15.2 Å². The van der Waals surface area contributed by atoms with Crippen LogP contribution in [0.15, 0.2) is 109 Å². The maximum atomic E-state index is 13.4. The summed E-state index contributed by atoms with van der Waals surface area (Å²) < 4.78 is 11.4. The highest BCUT2D eigenvalue weighted by molar-refractivity contribution is 5.91. The third-order valence-electron chi connectivity index (χ3n) is 11.9. The van der Waals surface area contributed by atoms with Crippen LogP contribution in [0.1, 0.15) is 73.6 Å². The van der Waals surface area contributed by atoms with E-state index in [2.05, 4.69) is 69.3 Å². The van der Waals surface area contributed by atoms with Crippen molar-refractivity contribution in [3.8, 4) is 11.5 Å². The molecule has 0 bridgehead atoms. The number of amides is 1. The zero-order valence-corrected chi connectivity index (χ0v) is 32.0. The van der Waals surface area contributed by atoms with Crippen LogP contribution in [0, 0.1) is 5.92 Å². The van der Waals surface area contributed by atoms with Gasteiger partial charge in [0.25, 0.3) is 0 Å². The van der Waals surface area contributed by atoms with Crippen molar-refractivity contribution in [1.82, 2.24) is 14.7 Å². The molecule has 4 aromatic rings. The smallest absolute Gasteiger partial charge is 0.232 e. The van der Waals surface area contributed by atoms with Gasteiger partial charge >= 0.3 is 0 Å². The Bertz CT molecular complexity index is 1620. The minimum atomic E-state index is -0.817. The van der Waals surface area contributed by atoms with Crippen LogP contribution in [-0.2, 0) is 23.3 Å². The fraction of sp³-hybridized carbons (Fsp3) is 0.457. The largest absolute Gasteiger partial charge is 0.496 e.